The second-order valence-corrected chi connectivity index (χ2v) is 8.09. The number of sulfone groups is 1. The molecular weight excluding hydrogens is 328 g/mol. The standard InChI is InChI=1S/C16H22N4O3S/c1-4-13-9-15(21)20-16(19-13)12-5-6-14(17-10-12)18-11(2)7-8-24(3,22)23/h5-6,9-11H,4,7-8H2,1-3H3,(H,17,18)(H,19,20,21). The highest BCUT2D eigenvalue weighted by Gasteiger charge is 2.09. The van der Waals surface area contributed by atoms with Crippen molar-refractivity contribution >= 4 is 15.7 Å². The van der Waals surface area contributed by atoms with Gasteiger partial charge in [-0.2, -0.15) is 0 Å². The fourth-order valence-corrected chi connectivity index (χ4v) is 2.94. The summed E-state index contributed by atoms with van der Waals surface area (Å²) < 4.78 is 22.4. The van der Waals surface area contributed by atoms with Crippen molar-refractivity contribution in [2.24, 2.45) is 0 Å². The van der Waals surface area contributed by atoms with Gasteiger partial charge >= 0.3 is 0 Å². The first-order chi connectivity index (χ1) is 11.3. The number of aromatic amines is 1. The van der Waals surface area contributed by atoms with E-state index in [-0.39, 0.29) is 17.4 Å². The maximum absolute atomic E-state index is 11.6. The second kappa shape index (κ2) is 7.57. The third kappa shape index (κ3) is 5.45. The predicted molar refractivity (Wildman–Crippen MR) is 94.9 cm³/mol. The lowest BCUT2D eigenvalue weighted by molar-refractivity contribution is 0.595. The summed E-state index contributed by atoms with van der Waals surface area (Å²) >= 11 is 0. The van der Waals surface area contributed by atoms with Gasteiger partial charge in [0.05, 0.1) is 5.75 Å². The number of nitrogens with one attached hydrogen (secondary N) is 2. The second-order valence-electron chi connectivity index (χ2n) is 5.83. The highest BCUT2D eigenvalue weighted by molar-refractivity contribution is 7.90. The molecule has 2 N–H and O–H groups in total. The molecule has 24 heavy (non-hydrogen) atoms. The number of aryl methyl sites for hydroxylation is 1. The molecular formula is C16H22N4O3S. The van der Waals surface area contributed by atoms with Gasteiger partial charge in [-0.1, -0.05) is 6.92 Å². The van der Waals surface area contributed by atoms with Gasteiger partial charge in [0.25, 0.3) is 5.56 Å². The molecule has 0 saturated heterocycles. The highest BCUT2D eigenvalue weighted by atomic mass is 32.2. The van der Waals surface area contributed by atoms with Crippen molar-refractivity contribution in [3.63, 3.8) is 0 Å². The van der Waals surface area contributed by atoms with Crippen LogP contribution in [0.3, 0.4) is 0 Å². The van der Waals surface area contributed by atoms with Gasteiger partial charge in [0.15, 0.2) is 0 Å². The lowest BCUT2D eigenvalue weighted by atomic mass is 10.2. The summed E-state index contributed by atoms with van der Waals surface area (Å²) in [7, 11) is -2.97. The summed E-state index contributed by atoms with van der Waals surface area (Å²) in [6.45, 7) is 3.85. The molecule has 1 unspecified atom stereocenters. The Balaban J connectivity index is 2.08. The molecule has 0 aliphatic rings. The van der Waals surface area contributed by atoms with E-state index in [4.69, 9.17) is 0 Å². The maximum atomic E-state index is 11.6. The van der Waals surface area contributed by atoms with Crippen molar-refractivity contribution in [3.8, 4) is 11.4 Å². The van der Waals surface area contributed by atoms with Gasteiger partial charge in [0.2, 0.25) is 0 Å². The first-order valence-electron chi connectivity index (χ1n) is 7.78. The van der Waals surface area contributed by atoms with E-state index in [9.17, 15) is 13.2 Å². The third-order valence-corrected chi connectivity index (χ3v) is 4.49. The molecule has 2 rings (SSSR count). The minimum absolute atomic E-state index is 0.0144. The van der Waals surface area contributed by atoms with E-state index in [0.717, 1.165) is 11.3 Å². The predicted octanol–water partition coefficient (Wildman–Crippen LogP) is 1.63. The fraction of sp³-hybridized carbons (Fsp3) is 0.438. The van der Waals surface area contributed by atoms with Crippen molar-refractivity contribution in [3.05, 3.63) is 40.4 Å². The quantitative estimate of drug-likeness (QED) is 0.786. The zero-order valence-electron chi connectivity index (χ0n) is 14.0. The van der Waals surface area contributed by atoms with Gasteiger partial charge in [0, 0.05) is 35.8 Å². The molecule has 0 fully saturated rings. The first-order valence-corrected chi connectivity index (χ1v) is 9.84. The number of hydrogen-bond acceptors (Lipinski definition) is 6. The van der Waals surface area contributed by atoms with Crippen LogP contribution in [0, 0.1) is 0 Å². The first kappa shape index (κ1) is 18.1. The van der Waals surface area contributed by atoms with Gasteiger partial charge in [-0.25, -0.2) is 18.4 Å². The van der Waals surface area contributed by atoms with Crippen LogP contribution in [-0.2, 0) is 16.3 Å². The summed E-state index contributed by atoms with van der Waals surface area (Å²) in [5, 5.41) is 3.16. The van der Waals surface area contributed by atoms with E-state index in [1.807, 2.05) is 19.9 Å². The van der Waals surface area contributed by atoms with Crippen LogP contribution < -0.4 is 10.9 Å². The lowest BCUT2D eigenvalue weighted by Crippen LogP contribution is -2.20. The summed E-state index contributed by atoms with van der Waals surface area (Å²) in [6.07, 6.45) is 4.05. The number of H-pyrrole nitrogens is 1. The number of rotatable bonds is 7. The molecule has 0 spiro atoms. The van der Waals surface area contributed by atoms with Gasteiger partial charge in [-0.15, -0.1) is 0 Å². The monoisotopic (exact) mass is 350 g/mol. The van der Waals surface area contributed by atoms with Crippen molar-refractivity contribution in [1.82, 2.24) is 15.0 Å². The summed E-state index contributed by atoms with van der Waals surface area (Å²) in [5.74, 6) is 1.27. The molecule has 0 aliphatic carbocycles. The minimum Gasteiger partial charge on any atom is -0.368 e. The highest BCUT2D eigenvalue weighted by Crippen LogP contribution is 2.15. The van der Waals surface area contributed by atoms with E-state index >= 15 is 0 Å². The SMILES string of the molecule is CCc1cc(=O)[nH]c(-c2ccc(NC(C)CCS(C)(=O)=O)nc2)n1. The molecule has 0 amide bonds. The van der Waals surface area contributed by atoms with E-state index in [2.05, 4.69) is 20.3 Å². The van der Waals surface area contributed by atoms with E-state index < -0.39 is 9.84 Å². The molecule has 1 atom stereocenters. The molecule has 0 aromatic carbocycles. The Morgan fingerprint density at radius 1 is 1.33 bits per heavy atom. The van der Waals surface area contributed by atoms with Gasteiger partial charge in [-0.3, -0.25) is 4.79 Å². The molecule has 7 nitrogen and oxygen atoms in total. The molecule has 2 aromatic rings. The number of hydrogen-bond donors (Lipinski definition) is 2. The Morgan fingerprint density at radius 2 is 2.08 bits per heavy atom. The van der Waals surface area contributed by atoms with Crippen LogP contribution in [0.15, 0.2) is 29.2 Å². The molecule has 0 aliphatic heterocycles. The smallest absolute Gasteiger partial charge is 0.251 e. The Labute approximate surface area is 141 Å². The molecule has 130 valence electrons. The van der Waals surface area contributed by atoms with Gasteiger partial charge < -0.3 is 10.3 Å². The Morgan fingerprint density at radius 3 is 2.67 bits per heavy atom. The topological polar surface area (TPSA) is 105 Å². The van der Waals surface area contributed by atoms with Crippen molar-refractivity contribution in [1.29, 1.82) is 0 Å². The molecule has 2 heterocycles. The normalized spacial score (nSPS) is 12.8. The Kier molecular flexibility index (Phi) is 5.71. The Hall–Kier alpha value is -2.22. The summed E-state index contributed by atoms with van der Waals surface area (Å²) in [6, 6.07) is 5.07. The molecule has 0 bridgehead atoms. The number of aromatic nitrogens is 3. The lowest BCUT2D eigenvalue weighted by Gasteiger charge is -2.14. The van der Waals surface area contributed by atoms with Gasteiger partial charge in [0.1, 0.15) is 21.5 Å². The van der Waals surface area contributed by atoms with Crippen molar-refractivity contribution in [2.75, 3.05) is 17.3 Å². The minimum atomic E-state index is -2.97. The van der Waals surface area contributed by atoms with E-state index in [1.54, 1.807) is 12.3 Å². The largest absolute Gasteiger partial charge is 0.368 e. The van der Waals surface area contributed by atoms with Crippen LogP contribution in [0.2, 0.25) is 0 Å². The van der Waals surface area contributed by atoms with Crippen molar-refractivity contribution < 1.29 is 8.42 Å². The van der Waals surface area contributed by atoms with Gasteiger partial charge in [-0.05, 0) is 31.9 Å². The molecule has 0 saturated carbocycles. The number of pyridine rings is 1. The molecule has 0 radical (unpaired) electrons. The van der Waals surface area contributed by atoms with Crippen LogP contribution in [0.1, 0.15) is 26.0 Å². The van der Waals surface area contributed by atoms with E-state index in [0.29, 0.717) is 24.5 Å². The third-order valence-electron chi connectivity index (χ3n) is 3.51. The zero-order chi connectivity index (χ0) is 17.7. The average Bonchev–Trinajstić information content (AvgIpc) is 2.52. The number of nitrogens with zero attached hydrogens (tertiary/aromatic N) is 2. The summed E-state index contributed by atoms with van der Waals surface area (Å²) in [5.41, 5.74) is 1.26. The van der Waals surface area contributed by atoms with Crippen molar-refractivity contribution in [2.45, 2.75) is 32.7 Å². The molecule has 2 aromatic heterocycles. The summed E-state index contributed by atoms with van der Waals surface area (Å²) in [4.78, 5) is 23.0. The van der Waals surface area contributed by atoms with Crippen LogP contribution >= 0.6 is 0 Å². The maximum Gasteiger partial charge on any atom is 0.251 e. The van der Waals surface area contributed by atoms with Crippen LogP contribution in [-0.4, -0.2) is 41.4 Å². The number of anilines is 1. The van der Waals surface area contributed by atoms with E-state index in [1.165, 1.54) is 12.3 Å². The van der Waals surface area contributed by atoms with Crippen LogP contribution in [0.25, 0.3) is 11.4 Å². The van der Waals surface area contributed by atoms with Crippen LogP contribution in [0.4, 0.5) is 5.82 Å². The fourth-order valence-electron chi connectivity index (χ4n) is 2.16. The zero-order valence-corrected chi connectivity index (χ0v) is 14.9. The van der Waals surface area contributed by atoms with Crippen LogP contribution in [0.5, 0.6) is 0 Å². The average molecular weight is 350 g/mol. The molecule has 8 heteroatoms. The Bertz CT molecular complexity index is 844.